The third kappa shape index (κ3) is 7.60. The number of aliphatic hydroxyl groups is 3. The molecule has 0 aromatic heterocycles. The van der Waals surface area contributed by atoms with Gasteiger partial charge in [0.25, 0.3) is 0 Å². The molecule has 14 nitrogen and oxygen atoms in total. The second-order valence-electron chi connectivity index (χ2n) is 19.0. The average Bonchev–Trinajstić information content (AvgIpc) is 3.47. The van der Waals surface area contributed by atoms with Crippen LogP contribution in [0.1, 0.15) is 106 Å². The summed E-state index contributed by atoms with van der Waals surface area (Å²) >= 11 is 0. The summed E-state index contributed by atoms with van der Waals surface area (Å²) in [6, 6.07) is 0. The summed E-state index contributed by atoms with van der Waals surface area (Å²) in [5, 5.41) is 33.8. The smallest absolute Gasteiger partial charge is 0.187 e. The highest BCUT2D eigenvalue weighted by Gasteiger charge is 2.71. The summed E-state index contributed by atoms with van der Waals surface area (Å²) < 4.78 is 61.7. The molecule has 3 N–H and O–H groups in total. The second-order valence-corrected chi connectivity index (χ2v) is 19.0. The Morgan fingerprint density at radius 1 is 0.649 bits per heavy atom. The van der Waals surface area contributed by atoms with E-state index in [2.05, 4.69) is 13.8 Å². The Morgan fingerprint density at radius 2 is 1.28 bits per heavy atom. The van der Waals surface area contributed by atoms with Crippen molar-refractivity contribution in [1.82, 2.24) is 0 Å². The van der Waals surface area contributed by atoms with Gasteiger partial charge >= 0.3 is 0 Å². The lowest BCUT2D eigenvalue weighted by molar-refractivity contribution is -0.352. The van der Waals surface area contributed by atoms with Crippen LogP contribution in [0.25, 0.3) is 0 Å². The molecule has 0 bridgehead atoms. The summed E-state index contributed by atoms with van der Waals surface area (Å²) in [6.45, 7) is 11.8. The Bertz CT molecular complexity index is 1390. The van der Waals surface area contributed by atoms with E-state index in [1.807, 2.05) is 13.8 Å². The van der Waals surface area contributed by atoms with Crippen molar-refractivity contribution in [2.24, 2.45) is 34.5 Å². The van der Waals surface area contributed by atoms with Crippen molar-refractivity contribution in [2.45, 2.75) is 203 Å². The Morgan fingerprint density at radius 3 is 1.88 bits per heavy atom. The molecule has 4 saturated carbocycles. The number of hydrogen-bond acceptors (Lipinski definition) is 14. The third-order valence-electron chi connectivity index (χ3n) is 16.5. The van der Waals surface area contributed by atoms with Gasteiger partial charge in [0.1, 0.15) is 36.3 Å². The van der Waals surface area contributed by atoms with E-state index in [0.717, 1.165) is 44.9 Å². The van der Waals surface area contributed by atoms with Crippen molar-refractivity contribution in [3.8, 4) is 0 Å². The van der Waals surface area contributed by atoms with E-state index in [9.17, 15) is 20.1 Å². The van der Waals surface area contributed by atoms with Crippen molar-refractivity contribution < 1.29 is 67.5 Å². The zero-order valence-corrected chi connectivity index (χ0v) is 35.9. The van der Waals surface area contributed by atoms with Crippen LogP contribution in [0.2, 0.25) is 0 Å². The van der Waals surface area contributed by atoms with Crippen molar-refractivity contribution >= 4 is 5.78 Å². The van der Waals surface area contributed by atoms with Crippen LogP contribution in [0.5, 0.6) is 0 Å². The molecule has 22 atom stereocenters. The Labute approximate surface area is 339 Å². The molecule has 7 rings (SSSR count). The van der Waals surface area contributed by atoms with E-state index < -0.39 is 78.7 Å². The molecule has 7 aliphatic rings. The molecule has 19 unspecified atom stereocenters. The number of aliphatic hydroxyl groups excluding tert-OH is 2. The molecule has 57 heavy (non-hydrogen) atoms. The topological polar surface area (TPSA) is 170 Å². The summed E-state index contributed by atoms with van der Waals surface area (Å²) in [4.78, 5) is 12.8. The van der Waals surface area contributed by atoms with Crippen molar-refractivity contribution in [1.29, 1.82) is 0 Å². The first kappa shape index (κ1) is 44.2. The molecule has 0 aromatic carbocycles. The first-order valence-electron chi connectivity index (χ1n) is 21.7. The molecular weight excluding hydrogens is 740 g/mol. The minimum Gasteiger partial charge on any atom is -0.389 e. The molecule has 3 saturated heterocycles. The molecule has 0 aromatic rings. The van der Waals surface area contributed by atoms with Crippen LogP contribution in [0.4, 0.5) is 0 Å². The highest BCUT2D eigenvalue weighted by Crippen LogP contribution is 2.69. The van der Waals surface area contributed by atoms with Gasteiger partial charge in [-0.2, -0.15) is 0 Å². The number of Topliss-reactive ketones (excluding diaryl/α,β-unsaturated/α-hetero) is 1. The molecule has 0 spiro atoms. The lowest BCUT2D eigenvalue weighted by Crippen LogP contribution is -2.67. The fourth-order valence-electron chi connectivity index (χ4n) is 13.2. The van der Waals surface area contributed by atoms with E-state index in [1.54, 1.807) is 35.2 Å². The quantitative estimate of drug-likeness (QED) is 0.257. The highest BCUT2D eigenvalue weighted by atomic mass is 16.8. The van der Waals surface area contributed by atoms with Gasteiger partial charge in [-0.25, -0.2) is 0 Å². The van der Waals surface area contributed by atoms with Gasteiger partial charge in [-0.05, 0) is 102 Å². The minimum atomic E-state index is -1.20. The number of ether oxygens (including phenoxy) is 10. The number of hydrogen-bond donors (Lipinski definition) is 3. The van der Waals surface area contributed by atoms with E-state index in [0.29, 0.717) is 31.1 Å². The third-order valence-corrected chi connectivity index (χ3v) is 16.5. The first-order chi connectivity index (χ1) is 27.0. The second kappa shape index (κ2) is 17.1. The number of methoxy groups -OCH3 is 4. The summed E-state index contributed by atoms with van der Waals surface area (Å²) in [5.41, 5.74) is -1.41. The predicted molar refractivity (Wildman–Crippen MR) is 205 cm³/mol. The van der Waals surface area contributed by atoms with Crippen molar-refractivity contribution in [2.75, 3.05) is 28.4 Å². The zero-order valence-electron chi connectivity index (χ0n) is 35.9. The summed E-state index contributed by atoms with van der Waals surface area (Å²) in [5.74, 6) is 0.944. The van der Waals surface area contributed by atoms with Gasteiger partial charge < -0.3 is 62.7 Å². The average molecular weight is 813 g/mol. The van der Waals surface area contributed by atoms with Gasteiger partial charge in [0.15, 0.2) is 18.9 Å². The van der Waals surface area contributed by atoms with Crippen LogP contribution in [0, 0.1) is 34.5 Å². The molecule has 328 valence electrons. The standard InChI is InChI=1S/C43H72O14/c1-21(44)27-14-16-43(47)28-12-11-25-17-26(13-15-41(25,5)29(28)18-32(50-9)42(27,43)6)55-33-19-30(48-7)37(23(3)52-33)56-34-20-31(49-8)38(24(4)53-34)57-40-36(46)39(51-10)35(45)22(2)54-40/h22-40,45-47H,11-20H2,1-10H3/t22?,23?,24?,25?,26?,27-,28?,29?,30?,31?,32?,33?,34?,35?,36?,37?,38?,39?,40?,41+,42+,43?/m1/s1. The molecule has 7 fully saturated rings. The molecular formula is C43H72O14. The van der Waals surface area contributed by atoms with Crippen LogP contribution >= 0.6 is 0 Å². The largest absolute Gasteiger partial charge is 0.389 e. The van der Waals surface area contributed by atoms with Crippen molar-refractivity contribution in [3.63, 3.8) is 0 Å². The van der Waals surface area contributed by atoms with Crippen LogP contribution in [-0.4, -0.2) is 147 Å². The van der Waals surface area contributed by atoms with Crippen LogP contribution in [-0.2, 0) is 52.2 Å². The molecule has 3 heterocycles. The number of carbonyl (C=O) groups excluding carboxylic acids is 1. The highest BCUT2D eigenvalue weighted by molar-refractivity contribution is 5.80. The molecule has 0 radical (unpaired) electrons. The predicted octanol–water partition coefficient (Wildman–Crippen LogP) is 3.91. The first-order valence-corrected chi connectivity index (χ1v) is 21.7. The van der Waals surface area contributed by atoms with Crippen LogP contribution < -0.4 is 0 Å². The van der Waals surface area contributed by atoms with E-state index >= 15 is 0 Å². The van der Waals surface area contributed by atoms with Gasteiger partial charge in [-0.15, -0.1) is 0 Å². The SMILES string of the molecule is COC1CC(OC2CC[C@@]3(C)C(CCC4C3CC(OC)[C@]3(C)[C@@H](C(C)=O)CCC43O)C2)OC(C)C1OC1CC(OC)C(OC2OC(C)C(O)C(OC)C2O)C(C)O1. The number of rotatable bonds is 11. The maximum atomic E-state index is 12.8. The fourth-order valence-corrected chi connectivity index (χ4v) is 13.2. The molecule has 3 aliphatic heterocycles. The Hall–Kier alpha value is -0.850. The lowest BCUT2D eigenvalue weighted by Gasteiger charge is -2.65. The normalized spacial score (nSPS) is 54.1. The van der Waals surface area contributed by atoms with Gasteiger partial charge in [-0.3, -0.25) is 4.79 Å². The zero-order chi connectivity index (χ0) is 41.2. The maximum Gasteiger partial charge on any atom is 0.187 e. The number of carbonyl (C=O) groups is 1. The fraction of sp³-hybridized carbons (Fsp3) is 0.977. The number of ketones is 1. The minimum absolute atomic E-state index is 0.0505. The molecule has 0 amide bonds. The number of fused-ring (bicyclic) bond motifs is 5. The lowest BCUT2D eigenvalue weighted by atomic mass is 9.42. The van der Waals surface area contributed by atoms with Crippen LogP contribution in [0.15, 0.2) is 0 Å². The Balaban J connectivity index is 0.942. The van der Waals surface area contributed by atoms with E-state index in [1.165, 1.54) is 7.11 Å². The summed E-state index contributed by atoms with van der Waals surface area (Å²) in [7, 11) is 6.48. The summed E-state index contributed by atoms with van der Waals surface area (Å²) in [6.07, 6.45) is -0.417. The van der Waals surface area contributed by atoms with Crippen molar-refractivity contribution in [3.05, 3.63) is 0 Å². The molecule has 4 aliphatic carbocycles. The van der Waals surface area contributed by atoms with Gasteiger partial charge in [-0.1, -0.05) is 13.8 Å². The van der Waals surface area contributed by atoms with Gasteiger partial charge in [0, 0.05) is 52.6 Å². The maximum absolute atomic E-state index is 12.8. The van der Waals surface area contributed by atoms with Crippen LogP contribution in [0.3, 0.4) is 0 Å². The van der Waals surface area contributed by atoms with Gasteiger partial charge in [0.2, 0.25) is 0 Å². The van der Waals surface area contributed by atoms with E-state index in [-0.39, 0.29) is 47.4 Å². The molecule has 14 heteroatoms. The van der Waals surface area contributed by atoms with E-state index in [4.69, 9.17) is 47.4 Å². The Kier molecular flexibility index (Phi) is 13.3. The van der Waals surface area contributed by atoms with Gasteiger partial charge in [0.05, 0.1) is 48.3 Å². The monoisotopic (exact) mass is 812 g/mol.